The van der Waals surface area contributed by atoms with Crippen LogP contribution in [-0.4, -0.2) is 16.4 Å². The summed E-state index contributed by atoms with van der Waals surface area (Å²) in [7, 11) is 0. The number of rotatable bonds is 2. The van der Waals surface area contributed by atoms with Gasteiger partial charge in [0.15, 0.2) is 6.23 Å². The summed E-state index contributed by atoms with van der Waals surface area (Å²) in [5, 5.41) is 5.60. The van der Waals surface area contributed by atoms with Crippen LogP contribution in [0.5, 0.6) is 0 Å². The lowest BCUT2D eigenvalue weighted by Gasteiger charge is -2.25. The highest BCUT2D eigenvalue weighted by Crippen LogP contribution is 2.36. The van der Waals surface area contributed by atoms with Crippen LogP contribution >= 0.6 is 0 Å². The molecule has 2 fully saturated rings. The minimum Gasteiger partial charge on any atom is -0.356 e. The highest BCUT2D eigenvalue weighted by Gasteiger charge is 2.22. The molecular formula is C19H26N2O. The first kappa shape index (κ1) is 10.4. The third-order valence-corrected chi connectivity index (χ3v) is 4.88. The summed E-state index contributed by atoms with van der Waals surface area (Å²) in [4.78, 5) is 0. The minimum atomic E-state index is -1.47. The molecule has 118 valence electrons. The summed E-state index contributed by atoms with van der Waals surface area (Å²) in [5.74, 6) is -0.117. The van der Waals surface area contributed by atoms with Gasteiger partial charge in [-0.25, -0.2) is 4.68 Å². The molecule has 1 saturated carbocycles. The van der Waals surface area contributed by atoms with Crippen LogP contribution in [0.25, 0.3) is 10.9 Å². The van der Waals surface area contributed by atoms with Crippen LogP contribution in [0.3, 0.4) is 0 Å². The van der Waals surface area contributed by atoms with Crippen LogP contribution in [0.4, 0.5) is 0 Å². The molecule has 1 aromatic carbocycles. The molecule has 3 heteroatoms. The highest BCUT2D eigenvalue weighted by atomic mass is 16.5. The number of aromatic nitrogens is 2. The molecule has 1 atom stereocenters. The molecular weight excluding hydrogens is 272 g/mol. The summed E-state index contributed by atoms with van der Waals surface area (Å²) in [6.07, 6.45) is 2.77. The molecule has 3 nitrogen and oxygen atoms in total. The van der Waals surface area contributed by atoms with E-state index in [2.05, 4.69) is 17.2 Å². The van der Waals surface area contributed by atoms with E-state index in [1.54, 1.807) is 0 Å². The van der Waals surface area contributed by atoms with Crippen molar-refractivity contribution in [3.8, 4) is 0 Å². The number of aryl methyl sites for hydroxylation is 1. The molecule has 0 amide bonds. The quantitative estimate of drug-likeness (QED) is 0.772. The van der Waals surface area contributed by atoms with Crippen molar-refractivity contribution in [3.05, 3.63) is 29.5 Å². The van der Waals surface area contributed by atoms with Crippen molar-refractivity contribution in [2.24, 2.45) is 0 Å². The zero-order valence-corrected chi connectivity index (χ0v) is 13.1. The first-order chi connectivity index (χ1) is 12.2. The highest BCUT2D eigenvalue weighted by molar-refractivity contribution is 5.80. The molecule has 1 saturated heterocycles. The fourth-order valence-corrected chi connectivity index (χ4v) is 3.68. The average Bonchev–Trinajstić information content (AvgIpc) is 2.94. The van der Waals surface area contributed by atoms with Crippen molar-refractivity contribution in [1.82, 2.24) is 9.78 Å². The van der Waals surface area contributed by atoms with E-state index in [0.29, 0.717) is 12.8 Å². The number of benzene rings is 1. The molecule has 0 bridgehead atoms. The van der Waals surface area contributed by atoms with E-state index in [1.165, 1.54) is 0 Å². The molecule has 0 spiro atoms. The summed E-state index contributed by atoms with van der Waals surface area (Å²) in [5.41, 5.74) is 3.13. The fourth-order valence-electron chi connectivity index (χ4n) is 3.68. The number of ether oxygens (including phenoxy) is 1. The molecule has 1 aliphatic heterocycles. The monoisotopic (exact) mass is 302 g/mol. The zero-order chi connectivity index (χ0) is 18.5. The molecule has 1 aliphatic carbocycles. The van der Waals surface area contributed by atoms with E-state index in [4.69, 9.17) is 10.2 Å². The maximum absolute atomic E-state index is 8.16. The van der Waals surface area contributed by atoms with Crippen molar-refractivity contribution in [1.29, 1.82) is 0 Å². The van der Waals surface area contributed by atoms with E-state index in [-0.39, 0.29) is 18.6 Å². The number of hydrogen-bond donors (Lipinski definition) is 0. The van der Waals surface area contributed by atoms with Gasteiger partial charge in [0.05, 0.1) is 11.7 Å². The van der Waals surface area contributed by atoms with Gasteiger partial charge >= 0.3 is 0 Å². The second kappa shape index (κ2) is 6.04. The number of nitrogens with zero attached hydrogens (tertiary/aromatic N) is 2. The van der Waals surface area contributed by atoms with Gasteiger partial charge in [-0.15, -0.1) is 0 Å². The Bertz CT molecular complexity index is 795. The van der Waals surface area contributed by atoms with Crippen molar-refractivity contribution in [2.75, 3.05) is 6.61 Å². The van der Waals surface area contributed by atoms with Crippen molar-refractivity contribution < 1.29 is 10.2 Å². The van der Waals surface area contributed by atoms with Gasteiger partial charge in [-0.05, 0) is 68.2 Å². The second-order valence-electron chi connectivity index (χ2n) is 6.46. The van der Waals surface area contributed by atoms with Crippen molar-refractivity contribution >= 4 is 10.9 Å². The van der Waals surface area contributed by atoms with Crippen LogP contribution in [0, 0.1) is 6.92 Å². The maximum Gasteiger partial charge on any atom is 0.150 e. The third kappa shape index (κ3) is 2.56. The molecule has 4 rings (SSSR count). The van der Waals surface area contributed by atoms with E-state index in [0.717, 1.165) is 47.9 Å². The Kier molecular flexibility index (Phi) is 2.86. The largest absolute Gasteiger partial charge is 0.356 e. The van der Waals surface area contributed by atoms with E-state index >= 15 is 0 Å². The van der Waals surface area contributed by atoms with Crippen molar-refractivity contribution in [3.63, 3.8) is 0 Å². The summed E-state index contributed by atoms with van der Waals surface area (Å²) >= 11 is 0. The smallest absolute Gasteiger partial charge is 0.150 e. The number of fused-ring (bicyclic) bond motifs is 1. The molecule has 0 N–H and O–H groups in total. The van der Waals surface area contributed by atoms with Gasteiger partial charge in [-0.1, -0.05) is 19.2 Å². The van der Waals surface area contributed by atoms with Gasteiger partial charge in [0.1, 0.15) is 0 Å². The SMILES string of the molecule is [2H]C1([2H])CC(c2cc3c(cnn3C3CCCCO3)cc2C)CC([2H])([2H])C1. The predicted molar refractivity (Wildman–Crippen MR) is 89.1 cm³/mol. The minimum absolute atomic E-state index is 0.0222. The Morgan fingerprint density at radius 2 is 2.05 bits per heavy atom. The Morgan fingerprint density at radius 1 is 1.18 bits per heavy atom. The Morgan fingerprint density at radius 3 is 2.82 bits per heavy atom. The second-order valence-corrected chi connectivity index (χ2v) is 6.46. The Hall–Kier alpha value is -1.35. The Labute approximate surface area is 138 Å². The average molecular weight is 302 g/mol. The van der Waals surface area contributed by atoms with Gasteiger partial charge in [-0.2, -0.15) is 5.10 Å². The summed E-state index contributed by atoms with van der Waals surface area (Å²) in [6.45, 7) is 2.79. The lowest BCUT2D eigenvalue weighted by molar-refractivity contribution is -0.0366. The molecule has 1 unspecified atom stereocenters. The van der Waals surface area contributed by atoms with Gasteiger partial charge in [-0.3, -0.25) is 0 Å². The van der Waals surface area contributed by atoms with Crippen LogP contribution in [0.2, 0.25) is 0 Å². The lowest BCUT2D eigenvalue weighted by atomic mass is 9.82. The maximum atomic E-state index is 8.16. The van der Waals surface area contributed by atoms with Gasteiger partial charge < -0.3 is 4.74 Å². The van der Waals surface area contributed by atoms with Crippen molar-refractivity contribution in [2.45, 2.75) is 70.3 Å². The molecule has 2 aliphatic rings. The first-order valence-electron chi connectivity index (χ1n) is 10.3. The molecule has 2 heterocycles. The van der Waals surface area contributed by atoms with Crippen LogP contribution < -0.4 is 0 Å². The zero-order valence-electron chi connectivity index (χ0n) is 17.1. The predicted octanol–water partition coefficient (Wildman–Crippen LogP) is 5.09. The van der Waals surface area contributed by atoms with Crippen LogP contribution in [0.15, 0.2) is 18.3 Å². The van der Waals surface area contributed by atoms with Gasteiger partial charge in [0.25, 0.3) is 0 Å². The third-order valence-electron chi connectivity index (χ3n) is 4.88. The van der Waals surface area contributed by atoms with Gasteiger partial charge in [0, 0.05) is 17.5 Å². The Balaban J connectivity index is 1.74. The molecule has 2 aromatic rings. The lowest BCUT2D eigenvalue weighted by Crippen LogP contribution is -2.19. The van der Waals surface area contributed by atoms with Crippen LogP contribution in [-0.2, 0) is 4.74 Å². The fraction of sp³-hybridized carbons (Fsp3) is 0.632. The van der Waals surface area contributed by atoms with Crippen LogP contribution in [0.1, 0.15) is 80.0 Å². The van der Waals surface area contributed by atoms with Gasteiger partial charge in [0.2, 0.25) is 0 Å². The van der Waals surface area contributed by atoms with E-state index in [1.807, 2.05) is 17.8 Å². The molecule has 0 radical (unpaired) electrons. The normalized spacial score (nSPS) is 31.2. The summed E-state index contributed by atoms with van der Waals surface area (Å²) < 4.78 is 40.5. The molecule has 1 aromatic heterocycles. The first-order valence-corrected chi connectivity index (χ1v) is 8.34. The standard InChI is InChI=1S/C19H26N2O/c1-14-11-16-13-20-21(19-9-5-6-10-22-19)18(16)12-17(14)15-7-3-2-4-8-15/h11-13,15,19H,2-10H2,1H3/i3D2,4D2. The number of hydrogen-bond acceptors (Lipinski definition) is 2. The summed E-state index contributed by atoms with van der Waals surface area (Å²) in [6, 6.07) is 4.19. The molecule has 22 heavy (non-hydrogen) atoms. The van der Waals surface area contributed by atoms with E-state index < -0.39 is 12.7 Å². The topological polar surface area (TPSA) is 27.1 Å². The van der Waals surface area contributed by atoms with E-state index in [9.17, 15) is 0 Å².